The summed E-state index contributed by atoms with van der Waals surface area (Å²) in [6.07, 6.45) is 4.11. The van der Waals surface area contributed by atoms with E-state index in [4.69, 9.17) is 0 Å². The molecule has 1 aliphatic rings. The number of aromatic amines is 1. The quantitative estimate of drug-likeness (QED) is 0.700. The number of carbonyl (C=O) groups excluding carboxylic acids is 1. The smallest absolute Gasteiger partial charge is 0.223 e. The minimum absolute atomic E-state index is 0.00548. The number of aromatic nitrogens is 5. The molecule has 3 rings (SSSR count). The summed E-state index contributed by atoms with van der Waals surface area (Å²) in [4.78, 5) is 26.4. The Balaban J connectivity index is 1.48. The molecule has 0 saturated carbocycles. The van der Waals surface area contributed by atoms with Gasteiger partial charge < -0.3 is 15.3 Å². The lowest BCUT2D eigenvalue weighted by Gasteiger charge is -2.36. The molecule has 0 aromatic carbocycles. The monoisotopic (exact) mass is 331 g/mol. The van der Waals surface area contributed by atoms with Gasteiger partial charge in [0.25, 0.3) is 0 Å². The summed E-state index contributed by atoms with van der Waals surface area (Å²) in [6, 6.07) is 1.57. The molecule has 9 nitrogen and oxygen atoms in total. The number of nitrogens with one attached hydrogen (secondary N) is 2. The summed E-state index contributed by atoms with van der Waals surface area (Å²) in [5.41, 5.74) is 0. The van der Waals surface area contributed by atoms with Crippen LogP contribution in [0.4, 0.5) is 5.95 Å². The van der Waals surface area contributed by atoms with Crippen LogP contribution in [0.5, 0.6) is 0 Å². The Kier molecular flexibility index (Phi) is 4.99. The summed E-state index contributed by atoms with van der Waals surface area (Å²) < 4.78 is 0. The molecule has 3 N–H and O–H groups in total. The molecule has 0 spiro atoms. The number of H-pyrrole nitrogens is 1. The molecule has 1 amide bonds. The lowest BCUT2D eigenvalue weighted by molar-refractivity contribution is -0.134. The number of hydrogen-bond acceptors (Lipinski definition) is 7. The number of rotatable bonds is 5. The molecular weight excluding hydrogens is 310 g/mol. The van der Waals surface area contributed by atoms with Gasteiger partial charge in [-0.05, 0) is 19.4 Å². The van der Waals surface area contributed by atoms with E-state index in [0.29, 0.717) is 44.1 Å². The van der Waals surface area contributed by atoms with Crippen molar-refractivity contribution in [2.24, 2.45) is 0 Å². The van der Waals surface area contributed by atoms with E-state index in [1.807, 2.05) is 6.92 Å². The summed E-state index contributed by atoms with van der Waals surface area (Å²) >= 11 is 0. The van der Waals surface area contributed by atoms with Crippen LogP contribution in [0.3, 0.4) is 0 Å². The number of likely N-dealkylation sites (tertiary alicyclic amines) is 1. The van der Waals surface area contributed by atoms with Crippen LogP contribution in [-0.4, -0.2) is 66.3 Å². The number of amides is 1. The molecule has 2 atom stereocenters. The van der Waals surface area contributed by atoms with Gasteiger partial charge in [0, 0.05) is 38.3 Å². The normalized spacial score (nSPS) is 20.8. The van der Waals surface area contributed by atoms with Crippen molar-refractivity contribution in [3.05, 3.63) is 30.1 Å². The second-order valence-corrected chi connectivity index (χ2v) is 5.86. The van der Waals surface area contributed by atoms with E-state index in [1.54, 1.807) is 23.4 Å². The topological polar surface area (TPSA) is 120 Å². The lowest BCUT2D eigenvalue weighted by Crippen LogP contribution is -2.51. The molecule has 0 radical (unpaired) electrons. The van der Waals surface area contributed by atoms with Crippen LogP contribution < -0.4 is 5.32 Å². The van der Waals surface area contributed by atoms with Gasteiger partial charge in [0.15, 0.2) is 5.82 Å². The third kappa shape index (κ3) is 4.05. The van der Waals surface area contributed by atoms with E-state index in [0.717, 1.165) is 5.82 Å². The minimum atomic E-state index is -0.655. The van der Waals surface area contributed by atoms with Gasteiger partial charge >= 0.3 is 0 Å². The average Bonchev–Trinajstić information content (AvgIpc) is 3.01. The molecule has 1 aliphatic heterocycles. The largest absolute Gasteiger partial charge is 0.389 e. The molecule has 9 heteroatoms. The zero-order chi connectivity index (χ0) is 16.9. The van der Waals surface area contributed by atoms with Crippen molar-refractivity contribution in [1.29, 1.82) is 0 Å². The van der Waals surface area contributed by atoms with Gasteiger partial charge in [-0.15, -0.1) is 0 Å². The van der Waals surface area contributed by atoms with E-state index < -0.39 is 6.10 Å². The predicted octanol–water partition coefficient (Wildman–Crippen LogP) is -0.0904. The maximum Gasteiger partial charge on any atom is 0.223 e. The fourth-order valence-electron chi connectivity index (χ4n) is 2.74. The van der Waals surface area contributed by atoms with Crippen molar-refractivity contribution in [2.45, 2.75) is 38.3 Å². The van der Waals surface area contributed by atoms with E-state index in [-0.39, 0.29) is 11.9 Å². The molecule has 0 unspecified atom stereocenters. The van der Waals surface area contributed by atoms with Crippen LogP contribution in [0.1, 0.15) is 24.5 Å². The molecular formula is C15H21N7O2. The Labute approximate surface area is 139 Å². The van der Waals surface area contributed by atoms with E-state index in [9.17, 15) is 9.90 Å². The SMILES string of the molecule is Cc1nc(CCC(=O)N2CC[C@@H](Nc3ncccn3)[C@H](O)C2)n[nH]1. The van der Waals surface area contributed by atoms with Crippen molar-refractivity contribution in [3.8, 4) is 0 Å². The van der Waals surface area contributed by atoms with Crippen LogP contribution in [0, 0.1) is 6.92 Å². The van der Waals surface area contributed by atoms with Gasteiger partial charge in [0.2, 0.25) is 11.9 Å². The van der Waals surface area contributed by atoms with E-state index >= 15 is 0 Å². The molecule has 1 fully saturated rings. The third-order valence-corrected chi connectivity index (χ3v) is 4.02. The molecule has 0 aliphatic carbocycles. The van der Waals surface area contributed by atoms with Crippen molar-refractivity contribution >= 4 is 11.9 Å². The Morgan fingerprint density at radius 1 is 1.46 bits per heavy atom. The van der Waals surface area contributed by atoms with Gasteiger partial charge in [-0.2, -0.15) is 5.10 Å². The van der Waals surface area contributed by atoms with Gasteiger partial charge in [-0.1, -0.05) is 0 Å². The highest BCUT2D eigenvalue weighted by Gasteiger charge is 2.30. The van der Waals surface area contributed by atoms with Crippen molar-refractivity contribution < 1.29 is 9.90 Å². The van der Waals surface area contributed by atoms with Gasteiger partial charge in [-0.3, -0.25) is 9.89 Å². The number of aliphatic hydroxyl groups excluding tert-OH is 1. The Bertz CT molecular complexity index is 675. The number of nitrogens with zero attached hydrogens (tertiary/aromatic N) is 5. The highest BCUT2D eigenvalue weighted by atomic mass is 16.3. The van der Waals surface area contributed by atoms with Gasteiger partial charge in [0.1, 0.15) is 5.82 Å². The first-order chi connectivity index (χ1) is 11.6. The Morgan fingerprint density at radius 2 is 2.25 bits per heavy atom. The van der Waals surface area contributed by atoms with Crippen molar-refractivity contribution in [2.75, 3.05) is 18.4 Å². The molecule has 2 aromatic heterocycles. The zero-order valence-electron chi connectivity index (χ0n) is 13.5. The number of aryl methyl sites for hydroxylation is 2. The minimum Gasteiger partial charge on any atom is -0.389 e. The van der Waals surface area contributed by atoms with Crippen LogP contribution in [-0.2, 0) is 11.2 Å². The van der Waals surface area contributed by atoms with Crippen LogP contribution in [0.25, 0.3) is 0 Å². The van der Waals surface area contributed by atoms with Crippen molar-refractivity contribution in [1.82, 2.24) is 30.0 Å². The third-order valence-electron chi connectivity index (χ3n) is 4.02. The van der Waals surface area contributed by atoms with Gasteiger partial charge in [-0.25, -0.2) is 15.0 Å². The maximum absolute atomic E-state index is 12.3. The van der Waals surface area contributed by atoms with Crippen LogP contribution >= 0.6 is 0 Å². The Morgan fingerprint density at radius 3 is 2.92 bits per heavy atom. The molecule has 1 saturated heterocycles. The molecule has 24 heavy (non-hydrogen) atoms. The number of anilines is 1. The summed E-state index contributed by atoms with van der Waals surface area (Å²) in [7, 11) is 0. The van der Waals surface area contributed by atoms with E-state index in [1.165, 1.54) is 0 Å². The highest BCUT2D eigenvalue weighted by molar-refractivity contribution is 5.76. The molecule has 128 valence electrons. The predicted molar refractivity (Wildman–Crippen MR) is 86.1 cm³/mol. The summed E-state index contributed by atoms with van der Waals surface area (Å²) in [6.45, 7) is 2.71. The lowest BCUT2D eigenvalue weighted by atomic mass is 10.0. The zero-order valence-corrected chi connectivity index (χ0v) is 13.5. The number of hydrogen-bond donors (Lipinski definition) is 3. The van der Waals surface area contributed by atoms with Crippen molar-refractivity contribution in [3.63, 3.8) is 0 Å². The number of piperidine rings is 1. The van der Waals surface area contributed by atoms with Gasteiger partial charge in [0.05, 0.1) is 12.1 Å². The second kappa shape index (κ2) is 7.35. The first-order valence-corrected chi connectivity index (χ1v) is 7.99. The fourth-order valence-corrected chi connectivity index (χ4v) is 2.74. The summed E-state index contributed by atoms with van der Waals surface area (Å²) in [5, 5.41) is 20.2. The van der Waals surface area contributed by atoms with Crippen LogP contribution in [0.2, 0.25) is 0 Å². The summed E-state index contributed by atoms with van der Waals surface area (Å²) in [5.74, 6) is 1.87. The molecule has 2 aromatic rings. The Hall–Kier alpha value is -2.55. The molecule has 0 bridgehead atoms. The number of carbonyl (C=O) groups is 1. The first-order valence-electron chi connectivity index (χ1n) is 7.99. The first kappa shape index (κ1) is 16.3. The standard InChI is InChI=1S/C15H21N7O2/c1-10-18-13(21-20-10)3-4-14(24)22-8-5-11(12(23)9-22)19-15-16-6-2-7-17-15/h2,6-7,11-12,23H,3-5,8-9H2,1H3,(H,16,17,19)(H,18,20,21)/t11-,12-/m1/s1. The van der Waals surface area contributed by atoms with E-state index in [2.05, 4.69) is 30.5 Å². The second-order valence-electron chi connectivity index (χ2n) is 5.86. The maximum atomic E-state index is 12.3. The number of β-amino-alcohol motifs (C(OH)–C–C–N with tert-alkyl or cyclic N) is 1. The molecule has 3 heterocycles. The average molecular weight is 331 g/mol. The van der Waals surface area contributed by atoms with Crippen LogP contribution in [0.15, 0.2) is 18.5 Å². The highest BCUT2D eigenvalue weighted by Crippen LogP contribution is 2.16. The fraction of sp³-hybridized carbons (Fsp3) is 0.533. The number of aliphatic hydroxyl groups is 1.